The summed E-state index contributed by atoms with van der Waals surface area (Å²) < 4.78 is 15.0. The summed E-state index contributed by atoms with van der Waals surface area (Å²) >= 11 is 0. The van der Waals surface area contributed by atoms with Crippen molar-refractivity contribution in [1.29, 1.82) is 0 Å². The zero-order chi connectivity index (χ0) is 13.3. The van der Waals surface area contributed by atoms with E-state index in [-0.39, 0.29) is 17.4 Å². The van der Waals surface area contributed by atoms with E-state index in [4.69, 9.17) is 0 Å². The Morgan fingerprint density at radius 3 is 2.61 bits per heavy atom. The van der Waals surface area contributed by atoms with Crippen LogP contribution in [0.4, 0.5) is 4.39 Å². The van der Waals surface area contributed by atoms with Gasteiger partial charge in [0.05, 0.1) is 5.56 Å². The molecule has 4 heteroatoms. The van der Waals surface area contributed by atoms with Gasteiger partial charge in [-0.15, -0.1) is 0 Å². The van der Waals surface area contributed by atoms with Crippen LogP contribution >= 0.6 is 0 Å². The summed E-state index contributed by atoms with van der Waals surface area (Å²) in [4.78, 5) is 11.2. The molecule has 0 saturated carbocycles. The van der Waals surface area contributed by atoms with Gasteiger partial charge in [-0.3, -0.25) is 0 Å². The number of carboxylic acid groups (broad SMARTS) is 1. The first-order chi connectivity index (χ1) is 8.49. The van der Waals surface area contributed by atoms with Gasteiger partial charge >= 0.3 is 5.97 Å². The largest absolute Gasteiger partial charge is 0.478 e. The lowest BCUT2D eigenvalue weighted by atomic mass is 10.0. The van der Waals surface area contributed by atoms with Gasteiger partial charge in [-0.2, -0.15) is 0 Å². The second-order valence-electron chi connectivity index (χ2n) is 4.44. The van der Waals surface area contributed by atoms with E-state index in [1.807, 2.05) is 18.4 Å². The summed E-state index contributed by atoms with van der Waals surface area (Å²) in [5.41, 5.74) is 1.30. The van der Waals surface area contributed by atoms with Crippen LogP contribution in [0.15, 0.2) is 36.7 Å². The first kappa shape index (κ1) is 12.4. The van der Waals surface area contributed by atoms with Crippen molar-refractivity contribution >= 4 is 5.97 Å². The number of aromatic carboxylic acids is 1. The van der Waals surface area contributed by atoms with E-state index in [0.717, 1.165) is 0 Å². The van der Waals surface area contributed by atoms with Crippen LogP contribution in [0.1, 0.15) is 30.2 Å². The molecule has 0 amide bonds. The summed E-state index contributed by atoms with van der Waals surface area (Å²) in [5, 5.41) is 9.18. The predicted octanol–water partition coefficient (Wildman–Crippen LogP) is 3.57. The third-order valence-corrected chi connectivity index (χ3v) is 2.81. The molecule has 1 aromatic heterocycles. The molecule has 0 radical (unpaired) electrons. The average molecular weight is 247 g/mol. The SMILES string of the molecule is CC(C)n1cc(C(=O)O)c(-c2cccc(F)c2)c1. The van der Waals surface area contributed by atoms with Gasteiger partial charge in [0, 0.05) is 24.0 Å². The molecule has 0 bridgehead atoms. The van der Waals surface area contributed by atoms with Crippen molar-refractivity contribution in [2.45, 2.75) is 19.9 Å². The first-order valence-corrected chi connectivity index (χ1v) is 5.69. The number of nitrogens with zero attached hydrogens (tertiary/aromatic N) is 1. The number of rotatable bonds is 3. The molecule has 1 N–H and O–H groups in total. The van der Waals surface area contributed by atoms with Crippen LogP contribution in [0.5, 0.6) is 0 Å². The Hall–Kier alpha value is -2.10. The average Bonchev–Trinajstić information content (AvgIpc) is 2.73. The molecule has 0 spiro atoms. The van der Waals surface area contributed by atoms with Gasteiger partial charge in [-0.25, -0.2) is 9.18 Å². The predicted molar refractivity (Wildman–Crippen MR) is 67.2 cm³/mol. The smallest absolute Gasteiger partial charge is 0.337 e. The third kappa shape index (κ3) is 2.27. The van der Waals surface area contributed by atoms with Crippen LogP contribution in [0.3, 0.4) is 0 Å². The molecule has 18 heavy (non-hydrogen) atoms. The number of carboxylic acids is 1. The number of hydrogen-bond acceptors (Lipinski definition) is 1. The van der Waals surface area contributed by atoms with Crippen LogP contribution in [-0.2, 0) is 0 Å². The van der Waals surface area contributed by atoms with E-state index < -0.39 is 5.97 Å². The van der Waals surface area contributed by atoms with Crippen LogP contribution in [0.2, 0.25) is 0 Å². The van der Waals surface area contributed by atoms with Crippen LogP contribution in [0, 0.1) is 5.82 Å². The van der Waals surface area contributed by atoms with Crippen molar-refractivity contribution in [3.8, 4) is 11.1 Å². The maximum Gasteiger partial charge on any atom is 0.337 e. The lowest BCUT2D eigenvalue weighted by Crippen LogP contribution is -1.98. The Morgan fingerprint density at radius 2 is 2.06 bits per heavy atom. The van der Waals surface area contributed by atoms with E-state index in [0.29, 0.717) is 11.1 Å². The van der Waals surface area contributed by atoms with Crippen LogP contribution in [0.25, 0.3) is 11.1 Å². The first-order valence-electron chi connectivity index (χ1n) is 5.69. The summed E-state index contributed by atoms with van der Waals surface area (Å²) in [5.74, 6) is -1.38. The second-order valence-corrected chi connectivity index (χ2v) is 4.44. The molecule has 0 aliphatic heterocycles. The van der Waals surface area contributed by atoms with Gasteiger partial charge in [0.2, 0.25) is 0 Å². The van der Waals surface area contributed by atoms with Crippen LogP contribution < -0.4 is 0 Å². The minimum atomic E-state index is -1.01. The zero-order valence-corrected chi connectivity index (χ0v) is 10.2. The van der Waals surface area contributed by atoms with Gasteiger partial charge in [-0.1, -0.05) is 12.1 Å². The van der Waals surface area contributed by atoms with Gasteiger partial charge in [0.15, 0.2) is 0 Å². The van der Waals surface area contributed by atoms with E-state index in [9.17, 15) is 14.3 Å². The van der Waals surface area contributed by atoms with Crippen molar-refractivity contribution < 1.29 is 14.3 Å². The Kier molecular flexibility index (Phi) is 3.19. The topological polar surface area (TPSA) is 42.2 Å². The summed E-state index contributed by atoms with van der Waals surface area (Å²) in [6.45, 7) is 3.92. The summed E-state index contributed by atoms with van der Waals surface area (Å²) in [6, 6.07) is 6.11. The molecule has 94 valence electrons. The molecule has 0 aliphatic carbocycles. The molecule has 3 nitrogen and oxygen atoms in total. The lowest BCUT2D eigenvalue weighted by molar-refractivity contribution is 0.0697. The highest BCUT2D eigenvalue weighted by Crippen LogP contribution is 2.27. The highest BCUT2D eigenvalue weighted by atomic mass is 19.1. The van der Waals surface area contributed by atoms with Gasteiger partial charge in [-0.05, 0) is 31.5 Å². The lowest BCUT2D eigenvalue weighted by Gasteiger charge is -2.05. The molecular formula is C14H14FNO2. The molecule has 2 rings (SSSR count). The fourth-order valence-corrected chi connectivity index (χ4v) is 1.83. The molecule has 0 saturated heterocycles. The molecule has 1 aromatic carbocycles. The van der Waals surface area contributed by atoms with E-state index in [2.05, 4.69) is 0 Å². The standard InChI is InChI=1S/C14H14FNO2/c1-9(2)16-7-12(13(8-16)14(17)18)10-4-3-5-11(15)6-10/h3-9H,1-2H3,(H,17,18). The van der Waals surface area contributed by atoms with Crippen molar-refractivity contribution in [1.82, 2.24) is 4.57 Å². The van der Waals surface area contributed by atoms with E-state index >= 15 is 0 Å². The Bertz CT molecular complexity index is 587. The Balaban J connectivity index is 2.58. The van der Waals surface area contributed by atoms with E-state index in [1.165, 1.54) is 12.1 Å². The normalized spacial score (nSPS) is 10.9. The maximum absolute atomic E-state index is 13.2. The molecule has 0 atom stereocenters. The summed E-state index contributed by atoms with van der Waals surface area (Å²) in [7, 11) is 0. The molecular weight excluding hydrogens is 233 g/mol. The zero-order valence-electron chi connectivity index (χ0n) is 10.2. The number of hydrogen-bond donors (Lipinski definition) is 1. The molecule has 0 fully saturated rings. The highest BCUT2D eigenvalue weighted by Gasteiger charge is 2.16. The third-order valence-electron chi connectivity index (χ3n) is 2.81. The van der Waals surface area contributed by atoms with Gasteiger partial charge < -0.3 is 9.67 Å². The van der Waals surface area contributed by atoms with Crippen molar-refractivity contribution in [2.75, 3.05) is 0 Å². The number of carbonyl (C=O) groups is 1. The van der Waals surface area contributed by atoms with Crippen LogP contribution in [-0.4, -0.2) is 15.6 Å². The fourth-order valence-electron chi connectivity index (χ4n) is 1.83. The monoisotopic (exact) mass is 247 g/mol. The highest BCUT2D eigenvalue weighted by molar-refractivity contribution is 5.96. The van der Waals surface area contributed by atoms with Crippen molar-refractivity contribution in [3.63, 3.8) is 0 Å². The molecule has 0 unspecified atom stereocenters. The number of halogens is 1. The van der Waals surface area contributed by atoms with E-state index in [1.54, 1.807) is 24.5 Å². The Morgan fingerprint density at radius 1 is 1.33 bits per heavy atom. The second kappa shape index (κ2) is 4.64. The fraction of sp³-hybridized carbons (Fsp3) is 0.214. The Labute approximate surface area is 104 Å². The van der Waals surface area contributed by atoms with Gasteiger partial charge in [0.25, 0.3) is 0 Å². The molecule has 0 aliphatic rings. The van der Waals surface area contributed by atoms with Gasteiger partial charge in [0.1, 0.15) is 5.82 Å². The maximum atomic E-state index is 13.2. The molecule has 1 heterocycles. The number of benzene rings is 1. The quantitative estimate of drug-likeness (QED) is 0.900. The minimum absolute atomic E-state index is 0.158. The number of aromatic nitrogens is 1. The minimum Gasteiger partial charge on any atom is -0.478 e. The summed E-state index contributed by atoms with van der Waals surface area (Å²) in [6.07, 6.45) is 3.32. The van der Waals surface area contributed by atoms with Crippen molar-refractivity contribution in [2.24, 2.45) is 0 Å². The van der Waals surface area contributed by atoms with Crippen molar-refractivity contribution in [3.05, 3.63) is 48.0 Å². The molecule has 2 aromatic rings.